The first kappa shape index (κ1) is 18.6. The summed E-state index contributed by atoms with van der Waals surface area (Å²) in [4.78, 5) is 15.9. The molecule has 1 aliphatic carbocycles. The number of esters is 1. The first-order valence-electron chi connectivity index (χ1n) is 8.83. The van der Waals surface area contributed by atoms with Crippen LogP contribution in [0.1, 0.15) is 43.2 Å². The average Bonchev–Trinajstić information content (AvgIpc) is 2.64. The fourth-order valence-electron chi connectivity index (χ4n) is 3.27. The van der Waals surface area contributed by atoms with E-state index >= 15 is 0 Å². The van der Waals surface area contributed by atoms with Crippen LogP contribution in [0.15, 0.2) is 42.1 Å². The molecule has 4 nitrogen and oxygen atoms in total. The molecule has 3 atom stereocenters. The Morgan fingerprint density at radius 3 is 2.88 bits per heavy atom. The molecule has 0 radical (unpaired) electrons. The lowest BCUT2D eigenvalue weighted by atomic mass is 9.72. The Morgan fingerprint density at radius 1 is 1.38 bits per heavy atom. The zero-order chi connectivity index (χ0) is 18.7. The number of ether oxygens (including phenoxy) is 1. The summed E-state index contributed by atoms with van der Waals surface area (Å²) in [6, 6.07) is 3.39. The lowest BCUT2D eigenvalue weighted by molar-refractivity contribution is 0.0526. The van der Waals surface area contributed by atoms with E-state index < -0.39 is 10.8 Å². The summed E-state index contributed by atoms with van der Waals surface area (Å²) in [5.74, 6) is 6.81. The molecule has 2 heterocycles. The van der Waals surface area contributed by atoms with Gasteiger partial charge in [-0.25, -0.2) is 9.78 Å². The number of allylic oxidation sites excluding steroid dienone is 3. The summed E-state index contributed by atoms with van der Waals surface area (Å²) in [6.07, 6.45) is 8.60. The van der Waals surface area contributed by atoms with E-state index in [0.717, 1.165) is 17.7 Å². The number of nitrogens with zero attached hydrogens (tertiary/aromatic N) is 1. The number of carbonyl (C=O) groups is 1. The van der Waals surface area contributed by atoms with Crippen molar-refractivity contribution in [3.05, 3.63) is 53.4 Å². The van der Waals surface area contributed by atoms with Gasteiger partial charge in [-0.05, 0) is 42.9 Å². The monoisotopic (exact) mass is 369 g/mol. The molecule has 136 valence electrons. The molecule has 0 bridgehead atoms. The van der Waals surface area contributed by atoms with Crippen LogP contribution < -0.4 is 0 Å². The molecule has 5 heteroatoms. The van der Waals surface area contributed by atoms with Crippen molar-refractivity contribution < 1.29 is 13.7 Å². The summed E-state index contributed by atoms with van der Waals surface area (Å²) in [5.41, 5.74) is 2.06. The van der Waals surface area contributed by atoms with Gasteiger partial charge in [-0.1, -0.05) is 31.9 Å². The first-order valence-corrected chi connectivity index (χ1v) is 10.2. The van der Waals surface area contributed by atoms with Crippen LogP contribution in [0.25, 0.3) is 0 Å². The van der Waals surface area contributed by atoms with Gasteiger partial charge < -0.3 is 4.74 Å². The van der Waals surface area contributed by atoms with Gasteiger partial charge in [0.1, 0.15) is 5.69 Å². The first-order chi connectivity index (χ1) is 12.4. The minimum atomic E-state index is -0.803. The Bertz CT molecular complexity index is 840. The summed E-state index contributed by atoms with van der Waals surface area (Å²) in [5, 5.41) is 0.0892. The highest BCUT2D eigenvalue weighted by atomic mass is 32.2. The Labute approximate surface area is 157 Å². The minimum absolute atomic E-state index is 0.0892. The summed E-state index contributed by atoms with van der Waals surface area (Å²) in [6.45, 7) is 6.57. The highest BCUT2D eigenvalue weighted by molar-refractivity contribution is 7.85. The molecular formula is C21H23NO3S. The second-order valence-corrected chi connectivity index (χ2v) is 8.91. The largest absolute Gasteiger partial charge is 0.462 e. The molecule has 2 aliphatic rings. The van der Waals surface area contributed by atoms with Crippen molar-refractivity contribution in [2.24, 2.45) is 11.3 Å². The van der Waals surface area contributed by atoms with Crippen molar-refractivity contribution >= 4 is 16.8 Å². The fourth-order valence-corrected chi connectivity index (χ4v) is 5.30. The zero-order valence-corrected chi connectivity index (χ0v) is 16.1. The Kier molecular flexibility index (Phi) is 5.43. The van der Waals surface area contributed by atoms with Crippen LogP contribution in [0.3, 0.4) is 0 Å². The molecule has 3 rings (SSSR count). The van der Waals surface area contributed by atoms with Gasteiger partial charge in [0, 0.05) is 34.2 Å². The van der Waals surface area contributed by atoms with Crippen LogP contribution in [-0.2, 0) is 15.5 Å². The van der Waals surface area contributed by atoms with Crippen molar-refractivity contribution in [3.8, 4) is 11.8 Å². The van der Waals surface area contributed by atoms with Gasteiger partial charge in [0.05, 0.1) is 17.4 Å². The van der Waals surface area contributed by atoms with Crippen LogP contribution in [0.4, 0.5) is 0 Å². The number of aromatic nitrogens is 1. The van der Waals surface area contributed by atoms with E-state index in [1.165, 1.54) is 6.20 Å². The van der Waals surface area contributed by atoms with Gasteiger partial charge >= 0.3 is 5.97 Å². The van der Waals surface area contributed by atoms with E-state index in [9.17, 15) is 9.00 Å². The number of pyridine rings is 1. The Morgan fingerprint density at radius 2 is 2.19 bits per heavy atom. The summed E-state index contributed by atoms with van der Waals surface area (Å²) >= 11 is 0. The molecular weight excluding hydrogens is 346 g/mol. The van der Waals surface area contributed by atoms with E-state index in [0.29, 0.717) is 17.9 Å². The second-order valence-electron chi connectivity index (χ2n) is 7.20. The molecule has 0 aromatic carbocycles. The lowest BCUT2D eigenvalue weighted by Gasteiger charge is -2.42. The third kappa shape index (κ3) is 3.96. The normalized spacial score (nSPS) is 26.1. The summed E-state index contributed by atoms with van der Waals surface area (Å²) < 4.78 is 17.2. The van der Waals surface area contributed by atoms with E-state index in [2.05, 4.69) is 36.7 Å². The van der Waals surface area contributed by atoms with Crippen LogP contribution in [0, 0.1) is 23.2 Å². The van der Waals surface area contributed by atoms with E-state index in [1.807, 2.05) is 12.2 Å². The highest BCUT2D eigenvalue weighted by Crippen LogP contribution is 2.43. The van der Waals surface area contributed by atoms with Gasteiger partial charge in [-0.2, -0.15) is 0 Å². The maximum Gasteiger partial charge on any atom is 0.339 e. The topological polar surface area (TPSA) is 56.3 Å². The van der Waals surface area contributed by atoms with E-state index in [-0.39, 0.29) is 22.6 Å². The molecule has 26 heavy (non-hydrogen) atoms. The second kappa shape index (κ2) is 7.59. The van der Waals surface area contributed by atoms with Gasteiger partial charge in [-0.3, -0.25) is 4.21 Å². The fraction of sp³-hybridized carbons (Fsp3) is 0.429. The smallest absolute Gasteiger partial charge is 0.339 e. The molecule has 0 amide bonds. The van der Waals surface area contributed by atoms with E-state index in [1.54, 1.807) is 19.1 Å². The van der Waals surface area contributed by atoms with Crippen LogP contribution in [0.5, 0.6) is 0 Å². The van der Waals surface area contributed by atoms with Gasteiger partial charge in [0.25, 0.3) is 0 Å². The SMILES string of the molecule is CCOC(=O)c1ccc(C#CC2=CC3[C@@H](C=C2)S(=O)CCC3(C)C)nc1. The number of rotatable bonds is 2. The predicted octanol–water partition coefficient (Wildman–Crippen LogP) is 3.27. The molecule has 1 aromatic rings. The number of hydrogen-bond acceptors (Lipinski definition) is 4. The highest BCUT2D eigenvalue weighted by Gasteiger charge is 2.41. The Balaban J connectivity index is 1.77. The molecule has 2 unspecified atom stereocenters. The standard InChI is InChI=1S/C21H23NO3S/c1-4-25-20(23)16-7-9-17(22-14-16)8-5-15-6-10-19-18(13-15)21(2,3)11-12-26(19)24/h6-7,9-10,13-14,18-19H,4,11-12H2,1-3H3/t18?,19-,26?/m1/s1. The van der Waals surface area contributed by atoms with Crippen LogP contribution in [0.2, 0.25) is 0 Å². The third-order valence-corrected chi connectivity index (χ3v) is 6.61. The predicted molar refractivity (Wildman–Crippen MR) is 103 cm³/mol. The average molecular weight is 369 g/mol. The van der Waals surface area contributed by atoms with Gasteiger partial charge in [-0.15, -0.1) is 0 Å². The molecule has 1 aromatic heterocycles. The number of carbonyl (C=O) groups excluding carboxylic acids is 1. The molecule has 0 N–H and O–H groups in total. The van der Waals surface area contributed by atoms with E-state index in [4.69, 9.17) is 4.74 Å². The number of hydrogen-bond donors (Lipinski definition) is 0. The van der Waals surface area contributed by atoms with Crippen LogP contribution >= 0.6 is 0 Å². The molecule has 0 spiro atoms. The van der Waals surface area contributed by atoms with Gasteiger partial charge in [0.15, 0.2) is 0 Å². The maximum absolute atomic E-state index is 12.3. The summed E-state index contributed by atoms with van der Waals surface area (Å²) in [7, 11) is -0.803. The maximum atomic E-state index is 12.3. The van der Waals surface area contributed by atoms with Crippen molar-refractivity contribution in [1.82, 2.24) is 4.98 Å². The molecule has 1 fully saturated rings. The van der Waals surface area contributed by atoms with Gasteiger partial charge in [0.2, 0.25) is 0 Å². The molecule has 1 aliphatic heterocycles. The van der Waals surface area contributed by atoms with Crippen molar-refractivity contribution in [2.45, 2.75) is 32.4 Å². The Hall–Kier alpha value is -2.19. The van der Waals surface area contributed by atoms with Crippen LogP contribution in [-0.4, -0.2) is 32.8 Å². The molecule has 1 saturated heterocycles. The quantitative estimate of drug-likeness (QED) is 0.593. The minimum Gasteiger partial charge on any atom is -0.462 e. The van der Waals surface area contributed by atoms with Crippen molar-refractivity contribution in [2.75, 3.05) is 12.4 Å². The molecule has 0 saturated carbocycles. The van der Waals surface area contributed by atoms with Crippen molar-refractivity contribution in [3.63, 3.8) is 0 Å². The third-order valence-electron chi connectivity index (χ3n) is 4.94. The zero-order valence-electron chi connectivity index (χ0n) is 15.3. The number of fused-ring (bicyclic) bond motifs is 1. The lowest BCUT2D eigenvalue weighted by Crippen LogP contribution is -2.42. The van der Waals surface area contributed by atoms with Crippen molar-refractivity contribution in [1.29, 1.82) is 0 Å².